The third kappa shape index (κ3) is 2.24. The van der Waals surface area contributed by atoms with E-state index in [1.165, 1.54) is 0 Å². The second-order valence-corrected chi connectivity index (χ2v) is 5.72. The Kier molecular flexibility index (Phi) is 3.24. The molecule has 1 aliphatic heterocycles. The zero-order valence-electron chi connectivity index (χ0n) is 10.2. The quantitative estimate of drug-likeness (QED) is 0.851. The van der Waals surface area contributed by atoms with E-state index in [4.69, 9.17) is 16.1 Å². The Hall–Kier alpha value is -1.46. The average molecular weight is 295 g/mol. The molecule has 1 aromatic heterocycles. The van der Waals surface area contributed by atoms with Gasteiger partial charge in [-0.25, -0.2) is 0 Å². The van der Waals surface area contributed by atoms with Gasteiger partial charge < -0.3 is 4.52 Å². The van der Waals surface area contributed by atoms with Crippen molar-refractivity contribution in [3.8, 4) is 0 Å². The summed E-state index contributed by atoms with van der Waals surface area (Å²) in [4.78, 5) is 13.7. The van der Waals surface area contributed by atoms with E-state index in [2.05, 4.69) is 5.16 Å². The Labute approximate surface area is 119 Å². The standard InChI is InChI=1S/C13H11ClN2O2S/c1-8-6-11(15-18-8)16-12(17)7-19-13(16)9-4-2-3-5-10(9)14/h2-6,13H,7H2,1H3. The molecule has 2 aromatic rings. The number of hydrogen-bond acceptors (Lipinski definition) is 4. The number of aromatic nitrogens is 1. The van der Waals surface area contributed by atoms with Crippen LogP contribution in [0.2, 0.25) is 5.02 Å². The molecular weight excluding hydrogens is 284 g/mol. The molecule has 1 saturated heterocycles. The minimum Gasteiger partial charge on any atom is -0.360 e. The first-order valence-corrected chi connectivity index (χ1v) is 7.21. The number of carbonyl (C=O) groups is 1. The summed E-state index contributed by atoms with van der Waals surface area (Å²) in [6.45, 7) is 1.80. The van der Waals surface area contributed by atoms with Crippen LogP contribution in [0.25, 0.3) is 0 Å². The fraction of sp³-hybridized carbons (Fsp3) is 0.231. The van der Waals surface area contributed by atoms with Crippen LogP contribution in [-0.2, 0) is 4.79 Å². The minimum atomic E-state index is -0.148. The molecule has 6 heteroatoms. The van der Waals surface area contributed by atoms with Gasteiger partial charge in [-0.05, 0) is 13.0 Å². The van der Waals surface area contributed by atoms with E-state index < -0.39 is 0 Å². The molecule has 1 aromatic carbocycles. The highest BCUT2D eigenvalue weighted by Crippen LogP contribution is 2.43. The molecule has 1 atom stereocenters. The Morgan fingerprint density at radius 3 is 2.95 bits per heavy atom. The van der Waals surface area contributed by atoms with E-state index in [0.29, 0.717) is 22.4 Å². The van der Waals surface area contributed by atoms with E-state index in [9.17, 15) is 4.79 Å². The van der Waals surface area contributed by atoms with Crippen molar-refractivity contribution in [3.05, 3.63) is 46.7 Å². The highest BCUT2D eigenvalue weighted by molar-refractivity contribution is 8.00. The summed E-state index contributed by atoms with van der Waals surface area (Å²) in [7, 11) is 0. The number of thioether (sulfide) groups is 1. The van der Waals surface area contributed by atoms with Crippen molar-refractivity contribution in [1.29, 1.82) is 0 Å². The maximum absolute atomic E-state index is 12.1. The second-order valence-electron chi connectivity index (χ2n) is 4.24. The zero-order chi connectivity index (χ0) is 13.4. The number of amides is 1. The van der Waals surface area contributed by atoms with Crippen LogP contribution in [0.3, 0.4) is 0 Å². The van der Waals surface area contributed by atoms with Gasteiger partial charge in [0, 0.05) is 16.7 Å². The van der Waals surface area contributed by atoms with Crippen LogP contribution in [0.15, 0.2) is 34.9 Å². The fourth-order valence-electron chi connectivity index (χ4n) is 2.04. The number of halogens is 1. The molecule has 3 rings (SSSR count). The molecule has 0 radical (unpaired) electrons. The van der Waals surface area contributed by atoms with Crippen LogP contribution in [-0.4, -0.2) is 16.8 Å². The van der Waals surface area contributed by atoms with Gasteiger partial charge >= 0.3 is 0 Å². The summed E-state index contributed by atoms with van der Waals surface area (Å²) in [5.74, 6) is 1.65. The van der Waals surface area contributed by atoms with E-state index in [1.54, 1.807) is 29.7 Å². The molecule has 0 bridgehead atoms. The van der Waals surface area contributed by atoms with Crippen molar-refractivity contribution < 1.29 is 9.32 Å². The minimum absolute atomic E-state index is 0.0169. The lowest BCUT2D eigenvalue weighted by molar-refractivity contribution is -0.115. The third-order valence-corrected chi connectivity index (χ3v) is 4.44. The van der Waals surface area contributed by atoms with Crippen molar-refractivity contribution in [3.63, 3.8) is 0 Å². The Morgan fingerprint density at radius 2 is 2.26 bits per heavy atom. The van der Waals surface area contributed by atoms with Crippen molar-refractivity contribution in [2.75, 3.05) is 10.7 Å². The summed E-state index contributed by atoms with van der Waals surface area (Å²) in [6.07, 6.45) is 0. The van der Waals surface area contributed by atoms with Crippen LogP contribution in [0.1, 0.15) is 16.7 Å². The molecule has 2 heterocycles. The van der Waals surface area contributed by atoms with Gasteiger partial charge in [0.05, 0.1) is 5.75 Å². The lowest BCUT2D eigenvalue weighted by Crippen LogP contribution is -2.28. The summed E-state index contributed by atoms with van der Waals surface area (Å²) in [5, 5.41) is 4.43. The molecule has 0 saturated carbocycles. The van der Waals surface area contributed by atoms with Crippen LogP contribution in [0.5, 0.6) is 0 Å². The molecule has 19 heavy (non-hydrogen) atoms. The largest absolute Gasteiger partial charge is 0.360 e. The summed E-state index contributed by atoms with van der Waals surface area (Å²) < 4.78 is 5.05. The number of aryl methyl sites for hydroxylation is 1. The van der Waals surface area contributed by atoms with Crippen LogP contribution >= 0.6 is 23.4 Å². The summed E-state index contributed by atoms with van der Waals surface area (Å²) >= 11 is 7.76. The Morgan fingerprint density at radius 1 is 1.47 bits per heavy atom. The van der Waals surface area contributed by atoms with Gasteiger partial charge in [-0.15, -0.1) is 11.8 Å². The van der Waals surface area contributed by atoms with Crippen LogP contribution in [0.4, 0.5) is 5.82 Å². The lowest BCUT2D eigenvalue weighted by atomic mass is 10.2. The third-order valence-electron chi connectivity index (χ3n) is 2.90. The number of rotatable bonds is 2. The first-order valence-electron chi connectivity index (χ1n) is 5.78. The van der Waals surface area contributed by atoms with Crippen molar-refractivity contribution in [1.82, 2.24) is 5.16 Å². The average Bonchev–Trinajstić information content (AvgIpc) is 2.96. The topological polar surface area (TPSA) is 46.3 Å². The molecule has 4 nitrogen and oxygen atoms in total. The summed E-state index contributed by atoms with van der Waals surface area (Å²) in [6, 6.07) is 9.30. The van der Waals surface area contributed by atoms with E-state index in [-0.39, 0.29) is 11.3 Å². The summed E-state index contributed by atoms with van der Waals surface area (Å²) in [5.41, 5.74) is 0.917. The molecule has 0 aliphatic carbocycles. The van der Waals surface area contributed by atoms with Gasteiger partial charge in [0.2, 0.25) is 5.91 Å². The van der Waals surface area contributed by atoms with Gasteiger partial charge in [-0.3, -0.25) is 9.69 Å². The smallest absolute Gasteiger partial charge is 0.239 e. The predicted molar refractivity (Wildman–Crippen MR) is 75.4 cm³/mol. The number of benzene rings is 1. The SMILES string of the molecule is Cc1cc(N2C(=O)CSC2c2ccccc2Cl)no1. The highest BCUT2D eigenvalue weighted by atomic mass is 35.5. The van der Waals surface area contributed by atoms with Crippen molar-refractivity contribution >= 4 is 35.1 Å². The number of hydrogen-bond donors (Lipinski definition) is 0. The first kappa shape index (κ1) is 12.6. The van der Waals surface area contributed by atoms with Crippen LogP contribution < -0.4 is 4.90 Å². The first-order chi connectivity index (χ1) is 9.16. The molecule has 1 amide bonds. The molecule has 0 spiro atoms. The second kappa shape index (κ2) is 4.90. The Balaban J connectivity index is 2.02. The molecular formula is C13H11ClN2O2S. The number of anilines is 1. The van der Waals surface area contributed by atoms with Crippen molar-refractivity contribution in [2.45, 2.75) is 12.3 Å². The molecule has 1 fully saturated rings. The molecule has 98 valence electrons. The van der Waals surface area contributed by atoms with E-state index in [0.717, 1.165) is 5.56 Å². The normalized spacial score (nSPS) is 19.2. The monoisotopic (exact) mass is 294 g/mol. The van der Waals surface area contributed by atoms with Gasteiger partial charge in [0.1, 0.15) is 11.1 Å². The van der Waals surface area contributed by atoms with E-state index in [1.807, 2.05) is 24.3 Å². The van der Waals surface area contributed by atoms with Gasteiger partial charge in [0.15, 0.2) is 5.82 Å². The van der Waals surface area contributed by atoms with Gasteiger partial charge in [-0.1, -0.05) is 35.0 Å². The molecule has 1 aliphatic rings. The Bertz CT molecular complexity index is 629. The predicted octanol–water partition coefficient (Wildman–Crippen LogP) is 3.42. The maximum atomic E-state index is 12.1. The zero-order valence-corrected chi connectivity index (χ0v) is 11.7. The molecule has 0 N–H and O–H groups in total. The van der Waals surface area contributed by atoms with Crippen molar-refractivity contribution in [2.24, 2.45) is 0 Å². The lowest BCUT2D eigenvalue weighted by Gasteiger charge is -2.22. The molecule has 1 unspecified atom stereocenters. The van der Waals surface area contributed by atoms with Gasteiger partial charge in [-0.2, -0.15) is 0 Å². The number of nitrogens with zero attached hydrogens (tertiary/aromatic N) is 2. The number of carbonyl (C=O) groups excluding carboxylic acids is 1. The van der Waals surface area contributed by atoms with Crippen LogP contribution in [0, 0.1) is 6.92 Å². The van der Waals surface area contributed by atoms with Gasteiger partial charge in [0.25, 0.3) is 0 Å². The maximum Gasteiger partial charge on any atom is 0.239 e. The fourth-order valence-corrected chi connectivity index (χ4v) is 3.55. The van der Waals surface area contributed by atoms with E-state index >= 15 is 0 Å². The highest BCUT2D eigenvalue weighted by Gasteiger charge is 2.36.